The highest BCUT2D eigenvalue weighted by atomic mass is 32.2. The molecule has 168 valence electrons. The molecule has 2 aromatic carbocycles. The molecular weight excluding hydrogens is 422 g/mol. The SMILES string of the molecule is Cc1cc(C)c(NC(=O)CNC(=O)CSc2nnc(C)n2-c2cc(C)ccc2C)c(C)c1. The van der Waals surface area contributed by atoms with Crippen molar-refractivity contribution in [2.24, 2.45) is 0 Å². The van der Waals surface area contributed by atoms with Crippen LogP contribution < -0.4 is 10.6 Å². The van der Waals surface area contributed by atoms with Crippen LogP contribution in [0.25, 0.3) is 5.69 Å². The Balaban J connectivity index is 1.58. The Bertz CT molecular complexity index is 1150. The average molecular weight is 452 g/mol. The number of aryl methyl sites for hydroxylation is 6. The third-order valence-corrected chi connectivity index (χ3v) is 6.05. The highest BCUT2D eigenvalue weighted by molar-refractivity contribution is 7.99. The van der Waals surface area contributed by atoms with Crippen molar-refractivity contribution < 1.29 is 9.59 Å². The van der Waals surface area contributed by atoms with E-state index in [4.69, 9.17) is 0 Å². The van der Waals surface area contributed by atoms with Crippen LogP contribution in [-0.4, -0.2) is 38.9 Å². The van der Waals surface area contributed by atoms with Gasteiger partial charge in [0, 0.05) is 5.69 Å². The topological polar surface area (TPSA) is 88.9 Å². The van der Waals surface area contributed by atoms with Crippen molar-refractivity contribution >= 4 is 29.3 Å². The Labute approximate surface area is 193 Å². The second-order valence-electron chi connectivity index (χ2n) is 8.04. The van der Waals surface area contributed by atoms with E-state index in [0.29, 0.717) is 5.16 Å². The Morgan fingerprint density at radius 3 is 2.25 bits per heavy atom. The Morgan fingerprint density at radius 1 is 0.875 bits per heavy atom. The summed E-state index contributed by atoms with van der Waals surface area (Å²) in [5.74, 6) is 0.395. The quantitative estimate of drug-likeness (QED) is 0.531. The number of amides is 2. The standard InChI is InChI=1S/C24H29N5O2S/c1-14-7-8-16(3)20(11-14)29-19(6)27-28-24(29)32-13-22(31)25-12-21(30)26-23-17(4)9-15(2)10-18(23)5/h7-11H,12-13H2,1-6H3,(H,25,31)(H,26,30). The maximum atomic E-state index is 12.4. The summed E-state index contributed by atoms with van der Waals surface area (Å²) in [6.07, 6.45) is 0. The van der Waals surface area contributed by atoms with E-state index >= 15 is 0 Å². The molecule has 0 aliphatic heterocycles. The number of hydrogen-bond acceptors (Lipinski definition) is 5. The molecule has 32 heavy (non-hydrogen) atoms. The highest BCUT2D eigenvalue weighted by Gasteiger charge is 2.16. The van der Waals surface area contributed by atoms with Gasteiger partial charge in [-0.05, 0) is 69.9 Å². The van der Waals surface area contributed by atoms with Crippen LogP contribution in [0.5, 0.6) is 0 Å². The summed E-state index contributed by atoms with van der Waals surface area (Å²) in [5.41, 5.74) is 7.17. The van der Waals surface area contributed by atoms with Gasteiger partial charge in [0.2, 0.25) is 11.8 Å². The van der Waals surface area contributed by atoms with Crippen molar-refractivity contribution in [3.8, 4) is 5.69 Å². The summed E-state index contributed by atoms with van der Waals surface area (Å²) in [5, 5.41) is 14.6. The molecule has 0 unspecified atom stereocenters. The summed E-state index contributed by atoms with van der Waals surface area (Å²) < 4.78 is 1.95. The summed E-state index contributed by atoms with van der Waals surface area (Å²) in [7, 11) is 0. The van der Waals surface area contributed by atoms with Crippen molar-refractivity contribution in [2.45, 2.75) is 46.7 Å². The fourth-order valence-corrected chi connectivity index (χ4v) is 4.42. The van der Waals surface area contributed by atoms with Gasteiger partial charge in [0.25, 0.3) is 0 Å². The predicted octanol–water partition coefficient (Wildman–Crippen LogP) is 3.96. The predicted molar refractivity (Wildman–Crippen MR) is 129 cm³/mol. The Morgan fingerprint density at radius 2 is 1.56 bits per heavy atom. The third kappa shape index (κ3) is 5.56. The number of hydrogen-bond donors (Lipinski definition) is 2. The molecular formula is C24H29N5O2S. The van der Waals surface area contributed by atoms with Gasteiger partial charge in [0.05, 0.1) is 18.0 Å². The average Bonchev–Trinajstić information content (AvgIpc) is 3.09. The zero-order valence-electron chi connectivity index (χ0n) is 19.4. The van der Waals surface area contributed by atoms with E-state index in [1.807, 2.05) is 58.2 Å². The fourth-order valence-electron chi connectivity index (χ4n) is 3.59. The van der Waals surface area contributed by atoms with Crippen LogP contribution >= 0.6 is 11.8 Å². The van der Waals surface area contributed by atoms with Crippen LogP contribution in [0.4, 0.5) is 5.69 Å². The molecule has 2 N–H and O–H groups in total. The second kappa shape index (κ2) is 9.99. The van der Waals surface area contributed by atoms with Crippen LogP contribution in [0.2, 0.25) is 0 Å². The number of carbonyl (C=O) groups excluding carboxylic acids is 2. The van der Waals surface area contributed by atoms with E-state index in [-0.39, 0.29) is 24.1 Å². The number of benzene rings is 2. The minimum absolute atomic E-state index is 0.0884. The van der Waals surface area contributed by atoms with Crippen molar-refractivity contribution in [2.75, 3.05) is 17.6 Å². The van der Waals surface area contributed by atoms with Crippen LogP contribution in [0, 0.1) is 41.5 Å². The lowest BCUT2D eigenvalue weighted by molar-refractivity contribution is -0.122. The Hall–Kier alpha value is -3.13. The van der Waals surface area contributed by atoms with Gasteiger partial charge < -0.3 is 10.6 Å². The summed E-state index contributed by atoms with van der Waals surface area (Å²) in [6, 6.07) is 10.2. The zero-order chi connectivity index (χ0) is 23.4. The lowest BCUT2D eigenvalue weighted by Gasteiger charge is -2.13. The number of aromatic nitrogens is 3. The van der Waals surface area contributed by atoms with E-state index < -0.39 is 0 Å². The van der Waals surface area contributed by atoms with Crippen molar-refractivity contribution in [3.05, 3.63) is 64.0 Å². The number of carbonyl (C=O) groups is 2. The van der Waals surface area contributed by atoms with Gasteiger partial charge in [-0.1, -0.05) is 41.6 Å². The second-order valence-corrected chi connectivity index (χ2v) is 8.98. The van der Waals surface area contributed by atoms with E-state index in [9.17, 15) is 9.59 Å². The van der Waals surface area contributed by atoms with Gasteiger partial charge in [0.15, 0.2) is 5.16 Å². The van der Waals surface area contributed by atoms with Gasteiger partial charge in [-0.15, -0.1) is 10.2 Å². The van der Waals surface area contributed by atoms with Gasteiger partial charge in [-0.25, -0.2) is 0 Å². The van der Waals surface area contributed by atoms with Crippen LogP contribution in [-0.2, 0) is 9.59 Å². The minimum Gasteiger partial charge on any atom is -0.346 e. The molecule has 0 spiro atoms. The Kier molecular flexibility index (Phi) is 7.35. The first-order valence-electron chi connectivity index (χ1n) is 10.4. The van der Waals surface area contributed by atoms with E-state index in [1.165, 1.54) is 11.8 Å². The first-order valence-corrected chi connectivity index (χ1v) is 11.4. The third-order valence-electron chi connectivity index (χ3n) is 5.12. The molecule has 0 bridgehead atoms. The highest BCUT2D eigenvalue weighted by Crippen LogP contribution is 2.25. The van der Waals surface area contributed by atoms with Gasteiger partial charge in [0.1, 0.15) is 5.82 Å². The minimum atomic E-state index is -0.257. The van der Waals surface area contributed by atoms with Gasteiger partial charge >= 0.3 is 0 Å². The zero-order valence-corrected chi connectivity index (χ0v) is 20.2. The van der Waals surface area contributed by atoms with Gasteiger partial charge in [-0.2, -0.15) is 0 Å². The largest absolute Gasteiger partial charge is 0.346 e. The normalized spacial score (nSPS) is 10.8. The number of nitrogens with zero attached hydrogens (tertiary/aromatic N) is 3. The van der Waals surface area contributed by atoms with Gasteiger partial charge in [-0.3, -0.25) is 14.2 Å². The number of rotatable bonds is 7. The molecule has 8 heteroatoms. The molecule has 7 nitrogen and oxygen atoms in total. The molecule has 1 heterocycles. The fraction of sp³-hybridized carbons (Fsp3) is 0.333. The summed E-state index contributed by atoms with van der Waals surface area (Å²) in [6.45, 7) is 11.8. The molecule has 0 aliphatic carbocycles. The van der Waals surface area contributed by atoms with Crippen molar-refractivity contribution in [3.63, 3.8) is 0 Å². The molecule has 0 saturated carbocycles. The molecule has 2 amide bonds. The molecule has 3 rings (SSSR count). The lowest BCUT2D eigenvalue weighted by Crippen LogP contribution is -2.34. The maximum absolute atomic E-state index is 12.4. The molecule has 0 fully saturated rings. The number of anilines is 1. The van der Waals surface area contributed by atoms with Crippen LogP contribution in [0.15, 0.2) is 35.5 Å². The first kappa shape index (κ1) is 23.5. The summed E-state index contributed by atoms with van der Waals surface area (Å²) in [4.78, 5) is 24.7. The molecule has 0 saturated heterocycles. The molecule has 3 aromatic rings. The van der Waals surface area contributed by atoms with E-state index in [1.54, 1.807) is 0 Å². The monoisotopic (exact) mass is 451 g/mol. The first-order chi connectivity index (χ1) is 15.2. The molecule has 0 radical (unpaired) electrons. The lowest BCUT2D eigenvalue weighted by atomic mass is 10.1. The maximum Gasteiger partial charge on any atom is 0.243 e. The van der Waals surface area contributed by atoms with Crippen molar-refractivity contribution in [1.29, 1.82) is 0 Å². The van der Waals surface area contributed by atoms with Crippen molar-refractivity contribution in [1.82, 2.24) is 20.1 Å². The van der Waals surface area contributed by atoms with E-state index in [2.05, 4.69) is 39.0 Å². The van der Waals surface area contributed by atoms with Crippen LogP contribution in [0.3, 0.4) is 0 Å². The molecule has 0 atom stereocenters. The summed E-state index contributed by atoms with van der Waals surface area (Å²) >= 11 is 1.29. The molecule has 0 aliphatic rings. The van der Waals surface area contributed by atoms with Crippen LogP contribution in [0.1, 0.15) is 33.6 Å². The molecule has 1 aromatic heterocycles. The van der Waals surface area contributed by atoms with E-state index in [0.717, 1.165) is 45.0 Å². The number of nitrogens with one attached hydrogen (secondary N) is 2. The smallest absolute Gasteiger partial charge is 0.243 e. The number of thioether (sulfide) groups is 1.